The summed E-state index contributed by atoms with van der Waals surface area (Å²) in [5.41, 5.74) is -0.615. The van der Waals surface area contributed by atoms with Crippen molar-refractivity contribution in [1.82, 2.24) is 9.80 Å². The summed E-state index contributed by atoms with van der Waals surface area (Å²) in [7, 11) is 0. The van der Waals surface area contributed by atoms with E-state index in [1.54, 1.807) is 0 Å². The van der Waals surface area contributed by atoms with E-state index in [1.807, 2.05) is 18.7 Å². The number of piperidine rings is 1. The van der Waals surface area contributed by atoms with E-state index in [2.05, 4.69) is 4.90 Å². The summed E-state index contributed by atoms with van der Waals surface area (Å²) in [4.78, 5) is 16.4. The Labute approximate surface area is 104 Å². The van der Waals surface area contributed by atoms with E-state index in [1.165, 1.54) is 6.42 Å². The molecule has 17 heavy (non-hydrogen) atoms. The molecule has 2 heterocycles. The third-order valence-electron chi connectivity index (χ3n) is 4.05. The summed E-state index contributed by atoms with van der Waals surface area (Å²) in [6.07, 6.45) is 4.29. The molecule has 0 radical (unpaired) electrons. The molecule has 0 saturated carbocycles. The Balaban J connectivity index is 1.90. The highest BCUT2D eigenvalue weighted by Gasteiger charge is 2.37. The Hall–Kier alpha value is -0.610. The Bertz CT molecular complexity index is 285. The fourth-order valence-electron chi connectivity index (χ4n) is 2.85. The van der Waals surface area contributed by atoms with Crippen LogP contribution in [0.3, 0.4) is 0 Å². The molecule has 1 amide bonds. The predicted molar refractivity (Wildman–Crippen MR) is 66.7 cm³/mol. The van der Waals surface area contributed by atoms with Crippen molar-refractivity contribution in [3.05, 3.63) is 0 Å². The second-order valence-electron chi connectivity index (χ2n) is 5.78. The summed E-state index contributed by atoms with van der Waals surface area (Å²) < 4.78 is 0. The van der Waals surface area contributed by atoms with Crippen molar-refractivity contribution in [2.45, 2.75) is 51.2 Å². The first-order valence-electron chi connectivity index (χ1n) is 6.75. The van der Waals surface area contributed by atoms with E-state index in [-0.39, 0.29) is 11.9 Å². The molecule has 2 atom stereocenters. The van der Waals surface area contributed by atoms with Crippen LogP contribution in [0.5, 0.6) is 0 Å². The first kappa shape index (κ1) is 12.8. The van der Waals surface area contributed by atoms with Crippen LogP contribution >= 0.6 is 0 Å². The lowest BCUT2D eigenvalue weighted by Gasteiger charge is -2.33. The minimum Gasteiger partial charge on any atom is -0.389 e. The zero-order chi connectivity index (χ0) is 12.5. The van der Waals surface area contributed by atoms with Crippen molar-refractivity contribution in [2.24, 2.45) is 0 Å². The number of carbonyl (C=O) groups is 1. The van der Waals surface area contributed by atoms with E-state index in [0.29, 0.717) is 6.54 Å². The van der Waals surface area contributed by atoms with Crippen LogP contribution in [-0.4, -0.2) is 58.6 Å². The molecule has 2 unspecified atom stereocenters. The maximum atomic E-state index is 12.3. The van der Waals surface area contributed by atoms with Crippen molar-refractivity contribution in [3.8, 4) is 0 Å². The highest BCUT2D eigenvalue weighted by molar-refractivity contribution is 5.81. The monoisotopic (exact) mass is 240 g/mol. The van der Waals surface area contributed by atoms with Gasteiger partial charge in [-0.25, -0.2) is 0 Å². The largest absolute Gasteiger partial charge is 0.389 e. The molecule has 98 valence electrons. The molecule has 2 aliphatic rings. The number of β-amino-alcohol motifs (C(OH)–C–C–N with tert-alkyl or cyclic N) is 1. The smallest absolute Gasteiger partial charge is 0.239 e. The molecule has 2 aliphatic heterocycles. The van der Waals surface area contributed by atoms with Crippen LogP contribution < -0.4 is 0 Å². The number of likely N-dealkylation sites (tertiary alicyclic amines) is 2. The van der Waals surface area contributed by atoms with E-state index in [9.17, 15) is 9.90 Å². The van der Waals surface area contributed by atoms with Crippen molar-refractivity contribution in [2.75, 3.05) is 26.2 Å². The summed E-state index contributed by atoms with van der Waals surface area (Å²) in [5.74, 6) is 0.238. The maximum absolute atomic E-state index is 12.3. The minimum absolute atomic E-state index is 0.0814. The van der Waals surface area contributed by atoms with Crippen LogP contribution in [0.25, 0.3) is 0 Å². The fraction of sp³-hybridized carbons (Fsp3) is 0.923. The topological polar surface area (TPSA) is 43.8 Å². The van der Waals surface area contributed by atoms with Gasteiger partial charge in [-0.05, 0) is 39.5 Å². The van der Waals surface area contributed by atoms with Gasteiger partial charge in [0.15, 0.2) is 0 Å². The van der Waals surface area contributed by atoms with Crippen molar-refractivity contribution in [1.29, 1.82) is 0 Å². The zero-order valence-corrected chi connectivity index (χ0v) is 11.0. The van der Waals surface area contributed by atoms with Crippen LogP contribution in [0.4, 0.5) is 0 Å². The van der Waals surface area contributed by atoms with Gasteiger partial charge in [0.1, 0.15) is 0 Å². The maximum Gasteiger partial charge on any atom is 0.239 e. The third kappa shape index (κ3) is 2.99. The van der Waals surface area contributed by atoms with Gasteiger partial charge >= 0.3 is 0 Å². The summed E-state index contributed by atoms with van der Waals surface area (Å²) in [6.45, 7) is 7.09. The Morgan fingerprint density at radius 3 is 2.41 bits per heavy atom. The molecule has 4 nitrogen and oxygen atoms in total. The molecule has 0 bridgehead atoms. The van der Waals surface area contributed by atoms with Gasteiger partial charge in [0, 0.05) is 26.2 Å². The average Bonchev–Trinajstić information content (AvgIpc) is 2.69. The van der Waals surface area contributed by atoms with Crippen LogP contribution in [0.1, 0.15) is 39.5 Å². The first-order valence-corrected chi connectivity index (χ1v) is 6.75. The molecule has 2 rings (SSSR count). The SMILES string of the molecule is CC(C(=O)N1CCCCC1)N1CCC(C)(O)C1. The second kappa shape index (κ2) is 4.94. The number of hydrogen-bond acceptors (Lipinski definition) is 3. The molecule has 2 saturated heterocycles. The minimum atomic E-state index is -0.615. The molecule has 1 N–H and O–H groups in total. The zero-order valence-electron chi connectivity index (χ0n) is 11.0. The fourth-order valence-corrected chi connectivity index (χ4v) is 2.85. The molecule has 0 aromatic heterocycles. The van der Waals surface area contributed by atoms with E-state index >= 15 is 0 Å². The summed E-state index contributed by atoms with van der Waals surface area (Å²) in [5, 5.41) is 9.94. The lowest BCUT2D eigenvalue weighted by atomic mass is 10.1. The third-order valence-corrected chi connectivity index (χ3v) is 4.05. The number of carbonyl (C=O) groups excluding carboxylic acids is 1. The number of nitrogens with zero attached hydrogens (tertiary/aromatic N) is 2. The van der Waals surface area contributed by atoms with Gasteiger partial charge in [0.25, 0.3) is 0 Å². The number of aliphatic hydroxyl groups is 1. The van der Waals surface area contributed by atoms with Gasteiger partial charge in [-0.3, -0.25) is 9.69 Å². The van der Waals surface area contributed by atoms with Gasteiger partial charge in [0.2, 0.25) is 5.91 Å². The van der Waals surface area contributed by atoms with Gasteiger partial charge in [-0.1, -0.05) is 0 Å². The molecular formula is C13H24N2O2. The number of hydrogen-bond donors (Lipinski definition) is 1. The lowest BCUT2D eigenvalue weighted by molar-refractivity contribution is -0.137. The molecular weight excluding hydrogens is 216 g/mol. The van der Waals surface area contributed by atoms with E-state index in [0.717, 1.165) is 38.9 Å². The van der Waals surface area contributed by atoms with Crippen LogP contribution in [0.15, 0.2) is 0 Å². The second-order valence-corrected chi connectivity index (χ2v) is 5.78. The van der Waals surface area contributed by atoms with Crippen LogP contribution in [-0.2, 0) is 4.79 Å². The molecule has 0 spiro atoms. The van der Waals surface area contributed by atoms with Crippen molar-refractivity contribution < 1.29 is 9.90 Å². The average molecular weight is 240 g/mol. The van der Waals surface area contributed by atoms with Gasteiger partial charge in [-0.15, -0.1) is 0 Å². The predicted octanol–water partition coefficient (Wildman–Crippen LogP) is 0.844. The van der Waals surface area contributed by atoms with E-state index in [4.69, 9.17) is 0 Å². The molecule has 0 aromatic rings. The van der Waals surface area contributed by atoms with Gasteiger partial charge in [0.05, 0.1) is 11.6 Å². The Morgan fingerprint density at radius 2 is 1.88 bits per heavy atom. The standard InChI is InChI=1S/C13H24N2O2/c1-11(15-9-6-13(2,17)10-15)12(16)14-7-4-3-5-8-14/h11,17H,3-10H2,1-2H3. The molecule has 4 heteroatoms. The van der Waals surface area contributed by atoms with Gasteiger partial charge in [-0.2, -0.15) is 0 Å². The first-order chi connectivity index (χ1) is 7.99. The number of amides is 1. The highest BCUT2D eigenvalue weighted by atomic mass is 16.3. The normalized spacial score (nSPS) is 32.8. The highest BCUT2D eigenvalue weighted by Crippen LogP contribution is 2.23. The van der Waals surface area contributed by atoms with Gasteiger partial charge < -0.3 is 10.0 Å². The molecule has 0 aromatic carbocycles. The number of rotatable bonds is 2. The Kier molecular flexibility index (Phi) is 3.73. The van der Waals surface area contributed by atoms with Crippen molar-refractivity contribution in [3.63, 3.8) is 0 Å². The molecule has 0 aliphatic carbocycles. The van der Waals surface area contributed by atoms with E-state index < -0.39 is 5.60 Å². The summed E-state index contributed by atoms with van der Waals surface area (Å²) >= 11 is 0. The quantitative estimate of drug-likeness (QED) is 0.778. The van der Waals surface area contributed by atoms with Crippen molar-refractivity contribution >= 4 is 5.91 Å². The van der Waals surface area contributed by atoms with Crippen LogP contribution in [0.2, 0.25) is 0 Å². The lowest BCUT2D eigenvalue weighted by Crippen LogP contribution is -2.48. The molecule has 2 fully saturated rings. The Morgan fingerprint density at radius 1 is 1.24 bits per heavy atom. The summed E-state index contributed by atoms with van der Waals surface area (Å²) in [6, 6.07) is -0.0814. The van der Waals surface area contributed by atoms with Crippen LogP contribution in [0, 0.1) is 0 Å².